The fraction of sp³-hybridized carbons (Fsp3) is 0.714. The predicted molar refractivity (Wildman–Crippen MR) is 48.5 cm³/mol. The van der Waals surface area contributed by atoms with E-state index in [0.717, 1.165) is 6.54 Å². The summed E-state index contributed by atoms with van der Waals surface area (Å²) in [4.78, 5) is 0. The molecule has 0 saturated carbocycles. The molecule has 0 bridgehead atoms. The number of hydrogen-bond donors (Lipinski definition) is 1. The first-order chi connectivity index (χ1) is 4.33. The zero-order valence-corrected chi connectivity index (χ0v) is 7.60. The summed E-state index contributed by atoms with van der Waals surface area (Å²) in [6, 6.07) is 0. The van der Waals surface area contributed by atoms with Gasteiger partial charge in [-0.1, -0.05) is 6.08 Å². The highest BCUT2D eigenvalue weighted by atomic mass is 127. The molecule has 0 amide bonds. The molecule has 1 rings (SSSR count). The van der Waals surface area contributed by atoms with Crippen molar-refractivity contribution in [1.29, 1.82) is 0 Å². The number of halogens is 1. The van der Waals surface area contributed by atoms with E-state index in [1.807, 2.05) is 0 Å². The van der Waals surface area contributed by atoms with E-state index in [1.165, 1.54) is 22.8 Å². The van der Waals surface area contributed by atoms with Gasteiger partial charge in [0, 0.05) is 0 Å². The van der Waals surface area contributed by atoms with E-state index < -0.39 is 0 Å². The van der Waals surface area contributed by atoms with E-state index in [1.54, 1.807) is 0 Å². The van der Waals surface area contributed by atoms with Crippen molar-refractivity contribution in [3.63, 3.8) is 0 Å². The molecule has 9 heavy (non-hydrogen) atoms. The van der Waals surface area contributed by atoms with E-state index in [2.05, 4.69) is 28.7 Å². The molecule has 0 radical (unpaired) electrons. The van der Waals surface area contributed by atoms with E-state index in [0.29, 0.717) is 5.92 Å². The molecular weight excluding hydrogens is 225 g/mol. The van der Waals surface area contributed by atoms with Gasteiger partial charge in [-0.25, -0.2) is 0 Å². The molecular formula is C7H12IN. The van der Waals surface area contributed by atoms with Crippen LogP contribution in [0.25, 0.3) is 0 Å². The summed E-state index contributed by atoms with van der Waals surface area (Å²) in [6.07, 6.45) is 6.21. The van der Waals surface area contributed by atoms with Crippen molar-refractivity contribution in [2.24, 2.45) is 11.7 Å². The minimum atomic E-state index is 0.672. The molecule has 1 aliphatic carbocycles. The first kappa shape index (κ1) is 7.54. The van der Waals surface area contributed by atoms with Gasteiger partial charge in [0.1, 0.15) is 0 Å². The smallest absolute Gasteiger partial charge is 0.00138 e. The van der Waals surface area contributed by atoms with Gasteiger partial charge in [0.25, 0.3) is 0 Å². The van der Waals surface area contributed by atoms with Crippen LogP contribution < -0.4 is 5.73 Å². The Bertz CT molecular complexity index is 120. The van der Waals surface area contributed by atoms with E-state index in [-0.39, 0.29) is 0 Å². The van der Waals surface area contributed by atoms with Crippen LogP contribution in [0.3, 0.4) is 0 Å². The van der Waals surface area contributed by atoms with Crippen LogP contribution in [0.15, 0.2) is 9.66 Å². The average Bonchev–Trinajstić information content (AvgIpc) is 1.88. The van der Waals surface area contributed by atoms with Crippen LogP contribution in [-0.4, -0.2) is 6.54 Å². The van der Waals surface area contributed by atoms with Crippen LogP contribution in [0, 0.1) is 5.92 Å². The van der Waals surface area contributed by atoms with Crippen molar-refractivity contribution >= 4 is 22.6 Å². The van der Waals surface area contributed by atoms with Crippen molar-refractivity contribution in [2.75, 3.05) is 6.54 Å². The van der Waals surface area contributed by atoms with E-state index in [9.17, 15) is 0 Å². The highest BCUT2D eigenvalue weighted by Crippen LogP contribution is 2.25. The van der Waals surface area contributed by atoms with Gasteiger partial charge in [0.15, 0.2) is 0 Å². The van der Waals surface area contributed by atoms with Gasteiger partial charge in [-0.3, -0.25) is 0 Å². The summed E-state index contributed by atoms with van der Waals surface area (Å²) in [5.41, 5.74) is 5.52. The Morgan fingerprint density at radius 1 is 1.78 bits per heavy atom. The van der Waals surface area contributed by atoms with Crippen LogP contribution in [0.1, 0.15) is 19.3 Å². The molecule has 0 aromatic heterocycles. The highest BCUT2D eigenvalue weighted by Gasteiger charge is 2.09. The number of rotatable bonds is 1. The summed E-state index contributed by atoms with van der Waals surface area (Å²) in [7, 11) is 0. The number of hydrogen-bond acceptors (Lipinski definition) is 1. The zero-order chi connectivity index (χ0) is 6.69. The van der Waals surface area contributed by atoms with Gasteiger partial charge < -0.3 is 5.73 Å². The van der Waals surface area contributed by atoms with Gasteiger partial charge in [0.2, 0.25) is 0 Å². The molecule has 2 heteroatoms. The van der Waals surface area contributed by atoms with Crippen molar-refractivity contribution in [2.45, 2.75) is 19.3 Å². The molecule has 52 valence electrons. The maximum atomic E-state index is 5.52. The quantitative estimate of drug-likeness (QED) is 0.694. The first-order valence-electron chi connectivity index (χ1n) is 3.39. The Morgan fingerprint density at radius 3 is 3.00 bits per heavy atom. The van der Waals surface area contributed by atoms with Gasteiger partial charge in [0.05, 0.1) is 0 Å². The zero-order valence-electron chi connectivity index (χ0n) is 5.44. The second-order valence-corrected chi connectivity index (χ2v) is 3.89. The lowest BCUT2D eigenvalue weighted by atomic mass is 9.96. The van der Waals surface area contributed by atoms with Crippen LogP contribution >= 0.6 is 22.6 Å². The standard InChI is InChI=1S/C7H12IN/c8-7-3-1-2-6(4-7)5-9/h4,6H,1-3,5,9H2. The number of nitrogens with two attached hydrogens (primary N) is 1. The molecule has 1 nitrogen and oxygen atoms in total. The van der Waals surface area contributed by atoms with Crippen LogP contribution in [0.4, 0.5) is 0 Å². The SMILES string of the molecule is NCC1C=C(I)CCC1. The van der Waals surface area contributed by atoms with Gasteiger partial charge in [-0.2, -0.15) is 0 Å². The summed E-state index contributed by atoms with van der Waals surface area (Å²) < 4.78 is 1.49. The Morgan fingerprint density at radius 2 is 2.56 bits per heavy atom. The maximum Gasteiger partial charge on any atom is -0.00138 e. The van der Waals surface area contributed by atoms with Crippen molar-refractivity contribution < 1.29 is 0 Å². The monoisotopic (exact) mass is 237 g/mol. The van der Waals surface area contributed by atoms with Crippen molar-refractivity contribution in [3.8, 4) is 0 Å². The molecule has 1 atom stereocenters. The Kier molecular flexibility index (Phi) is 2.98. The first-order valence-corrected chi connectivity index (χ1v) is 4.47. The molecule has 0 aromatic carbocycles. The van der Waals surface area contributed by atoms with Gasteiger partial charge >= 0.3 is 0 Å². The molecule has 0 spiro atoms. The fourth-order valence-corrected chi connectivity index (χ4v) is 2.03. The lowest BCUT2D eigenvalue weighted by Gasteiger charge is -2.15. The number of allylic oxidation sites excluding steroid dienone is 1. The van der Waals surface area contributed by atoms with Crippen molar-refractivity contribution in [3.05, 3.63) is 9.66 Å². The maximum absolute atomic E-state index is 5.52. The summed E-state index contributed by atoms with van der Waals surface area (Å²) in [5, 5.41) is 0. The molecule has 0 aromatic rings. The van der Waals surface area contributed by atoms with Crippen molar-refractivity contribution in [1.82, 2.24) is 0 Å². The Balaban J connectivity index is 2.47. The minimum Gasteiger partial charge on any atom is -0.330 e. The topological polar surface area (TPSA) is 26.0 Å². The second kappa shape index (κ2) is 3.56. The second-order valence-electron chi connectivity index (χ2n) is 2.50. The van der Waals surface area contributed by atoms with Crippen LogP contribution in [0.2, 0.25) is 0 Å². The third kappa shape index (κ3) is 2.26. The largest absolute Gasteiger partial charge is 0.330 e. The average molecular weight is 237 g/mol. The molecule has 0 heterocycles. The predicted octanol–water partition coefficient (Wildman–Crippen LogP) is 2.06. The van der Waals surface area contributed by atoms with Gasteiger partial charge in [-0.05, 0) is 57.9 Å². The third-order valence-electron chi connectivity index (χ3n) is 1.71. The van der Waals surface area contributed by atoms with E-state index in [4.69, 9.17) is 5.73 Å². The van der Waals surface area contributed by atoms with Crippen LogP contribution in [-0.2, 0) is 0 Å². The summed E-state index contributed by atoms with van der Waals surface area (Å²) in [6.45, 7) is 0.826. The summed E-state index contributed by atoms with van der Waals surface area (Å²) >= 11 is 2.40. The lowest BCUT2D eigenvalue weighted by Crippen LogP contribution is -2.14. The highest BCUT2D eigenvalue weighted by molar-refractivity contribution is 14.1. The minimum absolute atomic E-state index is 0.672. The molecule has 2 N–H and O–H groups in total. The Hall–Kier alpha value is 0.430. The van der Waals surface area contributed by atoms with E-state index >= 15 is 0 Å². The molecule has 1 aliphatic rings. The third-order valence-corrected chi connectivity index (χ3v) is 2.61. The normalized spacial score (nSPS) is 27.8. The molecule has 0 saturated heterocycles. The van der Waals surface area contributed by atoms with Crippen LogP contribution in [0.5, 0.6) is 0 Å². The molecule has 0 aliphatic heterocycles. The summed E-state index contributed by atoms with van der Waals surface area (Å²) in [5.74, 6) is 0.672. The molecule has 1 unspecified atom stereocenters. The fourth-order valence-electron chi connectivity index (χ4n) is 1.14. The van der Waals surface area contributed by atoms with Gasteiger partial charge in [-0.15, -0.1) is 0 Å². The molecule has 0 fully saturated rings. The Labute approximate surface area is 69.8 Å². The lowest BCUT2D eigenvalue weighted by molar-refractivity contribution is 0.549.